The smallest absolute Gasteiger partial charge is 0.159 e. The lowest BCUT2D eigenvalue weighted by Gasteiger charge is -2.13. The van der Waals surface area contributed by atoms with Crippen LogP contribution >= 0.6 is 0 Å². The van der Waals surface area contributed by atoms with Gasteiger partial charge in [0, 0.05) is 32.5 Å². The standard InChI is InChI=1S/C38H24N2O3/c1-39-28-19-21-34-36(27-13-5-8-16-32(27)42-34)37(28)41-22-23-18-20-31(38-35(23)26-12-4-9-17-33(26)43-38)40-29-14-6-2-10-24(29)25-11-3-7-15-30(25)40/h2-21H,1,22H2. The molecular weight excluding hydrogens is 532 g/mol. The van der Waals surface area contributed by atoms with Crippen LogP contribution in [0.3, 0.4) is 0 Å². The summed E-state index contributed by atoms with van der Waals surface area (Å²) in [4.78, 5) is 4.29. The van der Waals surface area contributed by atoms with E-state index in [1.165, 1.54) is 10.8 Å². The number of ether oxygens (including phenoxy) is 1. The predicted molar refractivity (Wildman–Crippen MR) is 175 cm³/mol. The number of fused-ring (bicyclic) bond motifs is 9. The van der Waals surface area contributed by atoms with Crippen LogP contribution in [0.2, 0.25) is 0 Å². The molecule has 0 aliphatic heterocycles. The Bertz CT molecular complexity index is 2490. The van der Waals surface area contributed by atoms with E-state index in [9.17, 15) is 0 Å². The Labute approximate surface area is 245 Å². The first-order chi connectivity index (χ1) is 21.3. The van der Waals surface area contributed by atoms with Crippen molar-refractivity contribution >= 4 is 78.1 Å². The maximum atomic E-state index is 6.65. The highest BCUT2D eigenvalue weighted by Crippen LogP contribution is 2.43. The molecule has 5 heteroatoms. The highest BCUT2D eigenvalue weighted by Gasteiger charge is 2.21. The molecule has 0 radical (unpaired) electrons. The molecule has 0 bridgehead atoms. The average molecular weight is 557 g/mol. The fourth-order valence-corrected chi connectivity index (χ4v) is 6.56. The van der Waals surface area contributed by atoms with Gasteiger partial charge in [0.05, 0.1) is 22.1 Å². The van der Waals surface area contributed by atoms with Crippen LogP contribution in [0.5, 0.6) is 5.75 Å². The van der Waals surface area contributed by atoms with E-state index in [0.29, 0.717) is 18.0 Å². The van der Waals surface area contributed by atoms with Crippen molar-refractivity contribution in [2.24, 2.45) is 4.99 Å². The molecule has 43 heavy (non-hydrogen) atoms. The Morgan fingerprint density at radius 2 is 1.19 bits per heavy atom. The number of furan rings is 2. The van der Waals surface area contributed by atoms with Gasteiger partial charge in [0.25, 0.3) is 0 Å². The summed E-state index contributed by atoms with van der Waals surface area (Å²) in [6, 6.07) is 41.3. The van der Waals surface area contributed by atoms with Gasteiger partial charge in [0.15, 0.2) is 11.3 Å². The second kappa shape index (κ2) is 9.10. The summed E-state index contributed by atoms with van der Waals surface area (Å²) in [7, 11) is 0. The minimum atomic E-state index is 0.314. The van der Waals surface area contributed by atoms with E-state index in [1.807, 2.05) is 54.6 Å². The Kier molecular flexibility index (Phi) is 5.05. The third kappa shape index (κ3) is 3.42. The molecular formula is C38H24N2O3. The maximum Gasteiger partial charge on any atom is 0.159 e. The van der Waals surface area contributed by atoms with Gasteiger partial charge in [-0.25, -0.2) is 0 Å². The Morgan fingerprint density at radius 3 is 1.88 bits per heavy atom. The Morgan fingerprint density at radius 1 is 0.581 bits per heavy atom. The van der Waals surface area contributed by atoms with Crippen LogP contribution in [0.15, 0.2) is 135 Å². The second-order valence-corrected chi connectivity index (χ2v) is 10.7. The molecule has 0 saturated carbocycles. The number of aliphatic imine (C=N–C) groups is 1. The van der Waals surface area contributed by atoms with E-state index < -0.39 is 0 Å². The summed E-state index contributed by atoms with van der Waals surface area (Å²) < 4.78 is 21.7. The highest BCUT2D eigenvalue weighted by molar-refractivity contribution is 6.14. The quantitative estimate of drug-likeness (QED) is 0.198. The van der Waals surface area contributed by atoms with E-state index in [1.54, 1.807) is 0 Å². The molecule has 0 spiro atoms. The summed E-state index contributed by atoms with van der Waals surface area (Å²) in [6.45, 7) is 4.13. The lowest BCUT2D eigenvalue weighted by Crippen LogP contribution is -2.00. The van der Waals surface area contributed by atoms with Crippen molar-refractivity contribution in [1.29, 1.82) is 0 Å². The fourth-order valence-electron chi connectivity index (χ4n) is 6.56. The van der Waals surface area contributed by atoms with Crippen LogP contribution in [0.4, 0.5) is 5.69 Å². The van der Waals surface area contributed by atoms with Gasteiger partial charge in [-0.15, -0.1) is 0 Å². The number of hydrogen-bond acceptors (Lipinski definition) is 4. The summed E-state index contributed by atoms with van der Waals surface area (Å²) in [5, 5.41) is 6.38. The number of aromatic nitrogens is 1. The lowest BCUT2D eigenvalue weighted by atomic mass is 10.1. The first-order valence-electron chi connectivity index (χ1n) is 14.3. The molecule has 9 rings (SSSR count). The van der Waals surface area contributed by atoms with E-state index in [2.05, 4.69) is 83.0 Å². The van der Waals surface area contributed by atoms with Gasteiger partial charge < -0.3 is 18.1 Å². The molecule has 3 aromatic heterocycles. The van der Waals surface area contributed by atoms with E-state index >= 15 is 0 Å². The summed E-state index contributed by atoms with van der Waals surface area (Å²) in [5.41, 5.74) is 8.17. The van der Waals surface area contributed by atoms with Gasteiger partial charge in [-0.1, -0.05) is 78.9 Å². The zero-order chi connectivity index (χ0) is 28.5. The molecule has 5 nitrogen and oxygen atoms in total. The molecule has 204 valence electrons. The monoisotopic (exact) mass is 556 g/mol. The Hall–Kier alpha value is -5.81. The minimum Gasteiger partial charge on any atom is -0.486 e. The SMILES string of the molecule is C=Nc1ccc2oc3ccccc3c2c1OCc1ccc(-n2c3ccccc3c3ccccc32)c2oc3ccccc3c12. The van der Waals surface area contributed by atoms with Crippen LogP contribution in [0.25, 0.3) is 71.4 Å². The molecule has 0 aliphatic rings. The number of benzene rings is 6. The van der Waals surface area contributed by atoms with Gasteiger partial charge in [-0.2, -0.15) is 0 Å². The van der Waals surface area contributed by atoms with Crippen molar-refractivity contribution in [3.05, 3.63) is 127 Å². The van der Waals surface area contributed by atoms with Crippen molar-refractivity contribution in [2.75, 3.05) is 0 Å². The fraction of sp³-hybridized carbons (Fsp3) is 0.0263. The van der Waals surface area contributed by atoms with Crippen LogP contribution in [0.1, 0.15) is 5.56 Å². The van der Waals surface area contributed by atoms with Crippen molar-refractivity contribution in [3.8, 4) is 11.4 Å². The molecule has 0 atom stereocenters. The van der Waals surface area contributed by atoms with E-state index in [4.69, 9.17) is 13.6 Å². The third-order valence-electron chi connectivity index (χ3n) is 8.43. The number of rotatable bonds is 5. The molecule has 0 fully saturated rings. The normalized spacial score (nSPS) is 11.9. The van der Waals surface area contributed by atoms with Gasteiger partial charge in [-0.05, 0) is 49.2 Å². The summed E-state index contributed by atoms with van der Waals surface area (Å²) >= 11 is 0. The van der Waals surface area contributed by atoms with Crippen molar-refractivity contribution < 1.29 is 13.6 Å². The van der Waals surface area contributed by atoms with E-state index in [0.717, 1.165) is 66.2 Å². The molecule has 9 aromatic rings. The molecule has 3 heterocycles. The number of para-hydroxylation sites is 4. The first-order valence-corrected chi connectivity index (χ1v) is 14.3. The summed E-state index contributed by atoms with van der Waals surface area (Å²) in [5.74, 6) is 0.657. The molecule has 0 saturated heterocycles. The number of hydrogen-bond donors (Lipinski definition) is 0. The topological polar surface area (TPSA) is 52.8 Å². The lowest BCUT2D eigenvalue weighted by molar-refractivity contribution is 0.313. The molecule has 0 N–H and O–H groups in total. The van der Waals surface area contributed by atoms with Crippen molar-refractivity contribution in [1.82, 2.24) is 4.57 Å². The summed E-state index contributed by atoms with van der Waals surface area (Å²) in [6.07, 6.45) is 0. The Balaban J connectivity index is 1.26. The molecule has 0 amide bonds. The second-order valence-electron chi connectivity index (χ2n) is 10.7. The van der Waals surface area contributed by atoms with Crippen LogP contribution in [-0.4, -0.2) is 11.3 Å². The highest BCUT2D eigenvalue weighted by atomic mass is 16.5. The largest absolute Gasteiger partial charge is 0.486 e. The van der Waals surface area contributed by atoms with Gasteiger partial charge in [0.2, 0.25) is 0 Å². The maximum absolute atomic E-state index is 6.65. The van der Waals surface area contributed by atoms with Crippen LogP contribution in [0, 0.1) is 0 Å². The van der Waals surface area contributed by atoms with Crippen LogP contribution < -0.4 is 4.74 Å². The molecule has 0 unspecified atom stereocenters. The zero-order valence-electron chi connectivity index (χ0n) is 23.1. The minimum absolute atomic E-state index is 0.314. The van der Waals surface area contributed by atoms with E-state index in [-0.39, 0.29) is 0 Å². The number of nitrogens with zero attached hydrogens (tertiary/aromatic N) is 2. The average Bonchev–Trinajstić information content (AvgIpc) is 3.74. The third-order valence-corrected chi connectivity index (χ3v) is 8.43. The molecule has 0 aliphatic carbocycles. The first kappa shape index (κ1) is 23.9. The van der Waals surface area contributed by atoms with Gasteiger partial charge >= 0.3 is 0 Å². The zero-order valence-corrected chi connectivity index (χ0v) is 23.1. The van der Waals surface area contributed by atoms with Gasteiger partial charge in [-0.3, -0.25) is 4.99 Å². The van der Waals surface area contributed by atoms with Crippen molar-refractivity contribution in [3.63, 3.8) is 0 Å². The molecule has 6 aromatic carbocycles. The predicted octanol–water partition coefficient (Wildman–Crippen LogP) is 10.5. The van der Waals surface area contributed by atoms with Crippen molar-refractivity contribution in [2.45, 2.75) is 6.61 Å². The van der Waals surface area contributed by atoms with Gasteiger partial charge in [0.1, 0.15) is 29.0 Å². The van der Waals surface area contributed by atoms with Crippen LogP contribution in [-0.2, 0) is 6.61 Å².